The van der Waals surface area contributed by atoms with Crippen LogP contribution in [0.1, 0.15) is 54.2 Å². The van der Waals surface area contributed by atoms with Gasteiger partial charge in [-0.1, -0.05) is 48.0 Å². The quantitative estimate of drug-likeness (QED) is 0.803. The Morgan fingerprint density at radius 2 is 1.73 bits per heavy atom. The first kappa shape index (κ1) is 18.9. The summed E-state index contributed by atoms with van der Waals surface area (Å²) < 4.78 is 0. The number of rotatable bonds is 5. The Bertz CT molecular complexity index is 767. The zero-order chi connectivity index (χ0) is 18.7. The van der Waals surface area contributed by atoms with Crippen LogP contribution in [0.25, 0.3) is 0 Å². The van der Waals surface area contributed by atoms with Crippen LogP contribution in [0.4, 0.5) is 0 Å². The fraction of sp³-hybridized carbons (Fsp3) is 0.409. The van der Waals surface area contributed by atoms with E-state index in [-0.39, 0.29) is 17.5 Å². The molecule has 0 aliphatic carbocycles. The first-order valence-electron chi connectivity index (χ1n) is 9.27. The van der Waals surface area contributed by atoms with Gasteiger partial charge in [0.1, 0.15) is 0 Å². The fourth-order valence-electron chi connectivity index (χ4n) is 3.85. The summed E-state index contributed by atoms with van der Waals surface area (Å²) in [6, 6.07) is 15.6. The lowest BCUT2D eigenvalue weighted by atomic mass is 9.86. The van der Waals surface area contributed by atoms with Crippen LogP contribution in [0.2, 0.25) is 5.02 Å². The Morgan fingerprint density at radius 3 is 2.38 bits per heavy atom. The van der Waals surface area contributed by atoms with Crippen LogP contribution in [0.15, 0.2) is 48.5 Å². The molecule has 1 saturated heterocycles. The lowest BCUT2D eigenvalue weighted by Gasteiger charge is -2.42. The lowest BCUT2D eigenvalue weighted by Crippen LogP contribution is -2.52. The highest BCUT2D eigenvalue weighted by Crippen LogP contribution is 2.34. The van der Waals surface area contributed by atoms with Crippen LogP contribution in [-0.4, -0.2) is 29.4 Å². The maximum atomic E-state index is 13.1. The zero-order valence-electron chi connectivity index (χ0n) is 15.8. The molecule has 1 amide bonds. The first-order valence-corrected chi connectivity index (χ1v) is 9.65. The predicted octanol–water partition coefficient (Wildman–Crippen LogP) is 4.99. The van der Waals surface area contributed by atoms with Gasteiger partial charge >= 0.3 is 0 Å². The third-order valence-electron chi connectivity index (χ3n) is 5.55. The molecule has 4 heteroatoms. The molecular weight excluding hydrogens is 344 g/mol. The van der Waals surface area contributed by atoms with Crippen LogP contribution >= 0.6 is 11.6 Å². The van der Waals surface area contributed by atoms with E-state index in [4.69, 9.17) is 11.6 Å². The minimum absolute atomic E-state index is 0.0777. The molecule has 2 aromatic rings. The Hall–Kier alpha value is -1.84. The van der Waals surface area contributed by atoms with Gasteiger partial charge in [0.2, 0.25) is 0 Å². The second-order valence-electron chi connectivity index (χ2n) is 7.58. The smallest absolute Gasteiger partial charge is 0.252 e. The van der Waals surface area contributed by atoms with E-state index < -0.39 is 0 Å². The highest BCUT2D eigenvalue weighted by molar-refractivity contribution is 6.31. The number of nitrogens with one attached hydrogen (secondary N) is 1. The molecule has 138 valence electrons. The van der Waals surface area contributed by atoms with Crippen LogP contribution in [0.3, 0.4) is 0 Å². The lowest BCUT2D eigenvalue weighted by molar-refractivity contribution is 0.0778. The molecule has 0 spiro atoms. The average Bonchev–Trinajstić information content (AvgIpc) is 3.18. The fourth-order valence-corrected chi connectivity index (χ4v) is 4.03. The van der Waals surface area contributed by atoms with Gasteiger partial charge in [0.05, 0.1) is 6.04 Å². The molecule has 1 aliphatic rings. The van der Waals surface area contributed by atoms with Gasteiger partial charge in [-0.3, -0.25) is 9.69 Å². The summed E-state index contributed by atoms with van der Waals surface area (Å²) in [7, 11) is 0. The second-order valence-corrected chi connectivity index (χ2v) is 7.98. The summed E-state index contributed by atoms with van der Waals surface area (Å²) in [5.74, 6) is -0.0777. The molecule has 1 heterocycles. The average molecular weight is 371 g/mol. The van der Waals surface area contributed by atoms with Gasteiger partial charge in [-0.2, -0.15) is 0 Å². The monoisotopic (exact) mass is 370 g/mol. The van der Waals surface area contributed by atoms with Gasteiger partial charge in [0.15, 0.2) is 0 Å². The maximum absolute atomic E-state index is 13.1. The molecule has 2 aromatic carbocycles. The minimum Gasteiger partial charge on any atom is -0.343 e. The van der Waals surface area contributed by atoms with Crippen LogP contribution in [0, 0.1) is 6.92 Å². The van der Waals surface area contributed by atoms with E-state index >= 15 is 0 Å². The molecule has 0 radical (unpaired) electrons. The topological polar surface area (TPSA) is 32.3 Å². The van der Waals surface area contributed by atoms with Crippen LogP contribution in [0.5, 0.6) is 0 Å². The van der Waals surface area contributed by atoms with Gasteiger partial charge in [-0.05, 0) is 70.0 Å². The van der Waals surface area contributed by atoms with Gasteiger partial charge in [0.25, 0.3) is 5.91 Å². The minimum atomic E-state index is -0.181. The van der Waals surface area contributed by atoms with Crippen molar-refractivity contribution in [3.8, 4) is 0 Å². The first-order chi connectivity index (χ1) is 12.4. The van der Waals surface area contributed by atoms with Crippen molar-refractivity contribution >= 4 is 17.5 Å². The van der Waals surface area contributed by atoms with Crippen molar-refractivity contribution in [3.63, 3.8) is 0 Å². The third-order valence-corrected chi connectivity index (χ3v) is 5.96. The van der Waals surface area contributed by atoms with Crippen molar-refractivity contribution < 1.29 is 4.79 Å². The largest absolute Gasteiger partial charge is 0.343 e. The van der Waals surface area contributed by atoms with Crippen LogP contribution < -0.4 is 5.32 Å². The molecule has 1 unspecified atom stereocenters. The Labute approximate surface area is 161 Å². The molecule has 26 heavy (non-hydrogen) atoms. The molecule has 0 aromatic heterocycles. The summed E-state index contributed by atoms with van der Waals surface area (Å²) in [6.07, 6.45) is 2.43. The summed E-state index contributed by atoms with van der Waals surface area (Å²) in [5, 5.41) is 3.91. The summed E-state index contributed by atoms with van der Waals surface area (Å²) in [4.78, 5) is 15.6. The number of nitrogens with zero attached hydrogens (tertiary/aromatic N) is 1. The number of benzene rings is 2. The van der Waals surface area contributed by atoms with Gasteiger partial charge < -0.3 is 5.32 Å². The Kier molecular flexibility index (Phi) is 5.69. The standard InChI is InChI=1S/C22H27ClN2O/c1-16-18(12-9-13-19(16)23)21(26)24-20(17-10-5-4-6-11-17)22(2,3)25-14-7-8-15-25/h4-6,9-13,20H,7-8,14-15H2,1-3H3,(H,24,26). The number of carbonyl (C=O) groups is 1. The number of hydrogen-bond acceptors (Lipinski definition) is 2. The predicted molar refractivity (Wildman–Crippen MR) is 108 cm³/mol. The normalized spacial score (nSPS) is 16.5. The van der Waals surface area contributed by atoms with E-state index in [1.54, 1.807) is 0 Å². The zero-order valence-corrected chi connectivity index (χ0v) is 16.5. The third kappa shape index (κ3) is 3.79. The number of carbonyl (C=O) groups excluding carboxylic acids is 1. The summed E-state index contributed by atoms with van der Waals surface area (Å²) >= 11 is 6.22. The van der Waals surface area contributed by atoms with Crippen molar-refractivity contribution in [3.05, 3.63) is 70.2 Å². The molecular formula is C22H27ClN2O. The van der Waals surface area contributed by atoms with Crippen molar-refractivity contribution in [2.45, 2.75) is 45.2 Å². The maximum Gasteiger partial charge on any atom is 0.252 e. The molecule has 0 saturated carbocycles. The van der Waals surface area contributed by atoms with E-state index in [2.05, 4.69) is 36.2 Å². The number of hydrogen-bond donors (Lipinski definition) is 1. The van der Waals surface area contributed by atoms with Crippen LogP contribution in [-0.2, 0) is 0 Å². The van der Waals surface area contributed by atoms with Crippen molar-refractivity contribution in [1.29, 1.82) is 0 Å². The van der Waals surface area contributed by atoms with E-state index in [1.165, 1.54) is 12.8 Å². The molecule has 1 atom stereocenters. The number of amides is 1. The summed E-state index contributed by atoms with van der Waals surface area (Å²) in [6.45, 7) is 8.48. The Morgan fingerprint density at radius 1 is 1.08 bits per heavy atom. The highest BCUT2D eigenvalue weighted by atomic mass is 35.5. The van der Waals surface area contributed by atoms with Crippen molar-refractivity contribution in [2.75, 3.05) is 13.1 Å². The highest BCUT2D eigenvalue weighted by Gasteiger charge is 2.38. The molecule has 0 bridgehead atoms. The summed E-state index contributed by atoms with van der Waals surface area (Å²) in [5.41, 5.74) is 2.39. The molecule has 1 fully saturated rings. The molecule has 3 nitrogen and oxygen atoms in total. The molecule has 1 aliphatic heterocycles. The molecule has 3 rings (SSSR count). The van der Waals surface area contributed by atoms with E-state index in [0.29, 0.717) is 10.6 Å². The SMILES string of the molecule is Cc1c(Cl)cccc1C(=O)NC(c1ccccc1)C(C)(C)N1CCCC1. The van der Waals surface area contributed by atoms with Crippen molar-refractivity contribution in [1.82, 2.24) is 10.2 Å². The second kappa shape index (κ2) is 7.81. The molecule has 1 N–H and O–H groups in total. The number of likely N-dealkylation sites (tertiary alicyclic amines) is 1. The van der Waals surface area contributed by atoms with Gasteiger partial charge in [-0.25, -0.2) is 0 Å². The van der Waals surface area contributed by atoms with Gasteiger partial charge in [-0.15, -0.1) is 0 Å². The van der Waals surface area contributed by atoms with Crippen molar-refractivity contribution in [2.24, 2.45) is 0 Å². The van der Waals surface area contributed by atoms with E-state index in [0.717, 1.165) is 24.2 Å². The number of halogens is 1. The van der Waals surface area contributed by atoms with E-state index in [1.807, 2.05) is 43.3 Å². The van der Waals surface area contributed by atoms with E-state index in [9.17, 15) is 4.79 Å². The van der Waals surface area contributed by atoms with Gasteiger partial charge in [0, 0.05) is 16.1 Å². The Balaban J connectivity index is 1.93.